The van der Waals surface area contributed by atoms with Gasteiger partial charge in [-0.1, -0.05) is 12.1 Å². The molecule has 0 saturated heterocycles. The van der Waals surface area contributed by atoms with Gasteiger partial charge in [-0.3, -0.25) is 5.10 Å². The summed E-state index contributed by atoms with van der Waals surface area (Å²) in [5, 5.41) is 29.2. The zero-order valence-electron chi connectivity index (χ0n) is 8.44. The molecule has 0 fully saturated rings. The summed E-state index contributed by atoms with van der Waals surface area (Å²) >= 11 is 0. The second kappa shape index (κ2) is 5.30. The number of anilines is 1. The van der Waals surface area contributed by atoms with Crippen LogP contribution in [0.1, 0.15) is 0 Å². The van der Waals surface area contributed by atoms with Crippen molar-refractivity contribution in [1.82, 2.24) is 15.2 Å². The first-order chi connectivity index (χ1) is 7.99. The molecule has 5 N–H and O–H groups in total. The van der Waals surface area contributed by atoms with Crippen molar-refractivity contribution in [2.45, 2.75) is 0 Å². The molecule has 0 aliphatic rings. The summed E-state index contributed by atoms with van der Waals surface area (Å²) in [6, 6.07) is 6.70. The molecule has 1 aromatic heterocycles. The number of aromatic hydroxyl groups is 1. The second-order valence-corrected chi connectivity index (χ2v) is 2.83. The smallest absolute Gasteiger partial charge is 0.291 e. The Morgan fingerprint density at radius 2 is 2.12 bits per heavy atom. The fourth-order valence-corrected chi connectivity index (χ4v) is 1.06. The van der Waals surface area contributed by atoms with E-state index in [0.29, 0.717) is 5.82 Å². The minimum absolute atomic E-state index is 0.187. The van der Waals surface area contributed by atoms with Crippen molar-refractivity contribution in [3.63, 3.8) is 0 Å². The number of aromatic amines is 1. The SMILES string of the molecule is Nc1n[nH]c(-c2cccc(O)c2)n1.O=[N+]([O-])O. The molecule has 0 unspecified atom stereocenters. The Morgan fingerprint density at radius 3 is 2.59 bits per heavy atom. The molecular formula is C8H9N5O4. The summed E-state index contributed by atoms with van der Waals surface area (Å²) in [6.07, 6.45) is 0. The number of hydrogen-bond donors (Lipinski definition) is 4. The third-order valence-corrected chi connectivity index (χ3v) is 1.62. The standard InChI is InChI=1S/C8H8N4O.HNO3/c9-8-10-7(11-12-8)5-2-1-3-6(13)4-5;2-1(3)4/h1-4,13H,(H3,9,10,11,12);(H,2,3,4). The van der Waals surface area contributed by atoms with E-state index in [1.807, 2.05) is 0 Å². The molecule has 1 heterocycles. The van der Waals surface area contributed by atoms with Crippen molar-refractivity contribution < 1.29 is 15.4 Å². The summed E-state index contributed by atoms with van der Waals surface area (Å²) < 4.78 is 0. The second-order valence-electron chi connectivity index (χ2n) is 2.83. The number of nitrogens with two attached hydrogens (primary N) is 1. The number of aromatic nitrogens is 3. The van der Waals surface area contributed by atoms with E-state index in [0.717, 1.165) is 5.56 Å². The fraction of sp³-hybridized carbons (Fsp3) is 0. The van der Waals surface area contributed by atoms with Gasteiger partial charge in [-0.05, 0) is 12.1 Å². The molecule has 2 rings (SSSR count). The first-order valence-corrected chi connectivity index (χ1v) is 4.29. The lowest BCUT2D eigenvalue weighted by molar-refractivity contribution is -0.742. The Morgan fingerprint density at radius 1 is 1.47 bits per heavy atom. The highest BCUT2D eigenvalue weighted by Crippen LogP contribution is 2.19. The average molecular weight is 239 g/mol. The Hall–Kier alpha value is -2.84. The fourth-order valence-electron chi connectivity index (χ4n) is 1.06. The molecule has 1 aromatic carbocycles. The lowest BCUT2D eigenvalue weighted by Crippen LogP contribution is -1.85. The Balaban J connectivity index is 0.000000317. The monoisotopic (exact) mass is 239 g/mol. The number of H-pyrrole nitrogens is 1. The number of nitrogens with zero attached hydrogens (tertiary/aromatic N) is 3. The van der Waals surface area contributed by atoms with Gasteiger partial charge < -0.3 is 16.0 Å². The predicted molar refractivity (Wildman–Crippen MR) is 56.7 cm³/mol. The maximum atomic E-state index is 9.19. The van der Waals surface area contributed by atoms with Crippen LogP contribution in [0, 0.1) is 10.1 Å². The van der Waals surface area contributed by atoms with Crippen molar-refractivity contribution in [1.29, 1.82) is 0 Å². The lowest BCUT2D eigenvalue weighted by Gasteiger charge is -1.95. The third kappa shape index (κ3) is 4.03. The Kier molecular flexibility index (Phi) is 3.81. The minimum atomic E-state index is -1.50. The summed E-state index contributed by atoms with van der Waals surface area (Å²) in [7, 11) is 0. The highest BCUT2D eigenvalue weighted by Gasteiger charge is 2.02. The molecule has 0 spiro atoms. The molecule has 0 atom stereocenters. The Bertz CT molecular complexity index is 508. The van der Waals surface area contributed by atoms with Crippen LogP contribution in [0.25, 0.3) is 11.4 Å². The summed E-state index contributed by atoms with van der Waals surface area (Å²) in [4.78, 5) is 12.3. The molecule has 2 aromatic rings. The summed E-state index contributed by atoms with van der Waals surface area (Å²) in [5.41, 5.74) is 6.09. The highest BCUT2D eigenvalue weighted by molar-refractivity contribution is 5.57. The van der Waals surface area contributed by atoms with Crippen LogP contribution >= 0.6 is 0 Å². The van der Waals surface area contributed by atoms with E-state index in [1.54, 1.807) is 24.3 Å². The van der Waals surface area contributed by atoms with Crippen molar-refractivity contribution in [3.8, 4) is 17.1 Å². The number of nitrogen functional groups attached to an aromatic ring is 1. The number of phenolic OH excluding ortho intramolecular Hbond substituents is 1. The highest BCUT2D eigenvalue weighted by atomic mass is 16.9. The van der Waals surface area contributed by atoms with Gasteiger partial charge in [0.25, 0.3) is 5.09 Å². The van der Waals surface area contributed by atoms with E-state index in [2.05, 4.69) is 15.2 Å². The molecule has 9 nitrogen and oxygen atoms in total. The molecule has 0 amide bonds. The quantitative estimate of drug-likeness (QED) is 0.415. The van der Waals surface area contributed by atoms with Crippen LogP contribution in [0.4, 0.5) is 5.95 Å². The number of hydrogen-bond acceptors (Lipinski definition) is 6. The van der Waals surface area contributed by atoms with Crippen molar-refractivity contribution in [2.24, 2.45) is 0 Å². The maximum Gasteiger partial charge on any atom is 0.291 e. The van der Waals surface area contributed by atoms with Crippen LogP contribution in [0.15, 0.2) is 24.3 Å². The van der Waals surface area contributed by atoms with Gasteiger partial charge in [0.2, 0.25) is 5.95 Å². The number of nitrogens with one attached hydrogen (secondary N) is 1. The normalized spacial score (nSPS) is 9.18. The molecule has 0 aliphatic carbocycles. The van der Waals surface area contributed by atoms with Crippen LogP contribution in [-0.4, -0.2) is 30.6 Å². The Labute approximate surface area is 94.6 Å². The van der Waals surface area contributed by atoms with Crippen molar-refractivity contribution in [3.05, 3.63) is 34.4 Å². The van der Waals surface area contributed by atoms with Crippen molar-refractivity contribution >= 4 is 5.95 Å². The molecule has 0 aliphatic heterocycles. The molecule has 90 valence electrons. The van der Waals surface area contributed by atoms with Crippen LogP contribution in [0.3, 0.4) is 0 Å². The topological polar surface area (TPSA) is 151 Å². The van der Waals surface area contributed by atoms with Crippen molar-refractivity contribution in [2.75, 3.05) is 5.73 Å². The van der Waals surface area contributed by atoms with E-state index in [9.17, 15) is 5.11 Å². The van der Waals surface area contributed by atoms with Gasteiger partial charge in [-0.25, -0.2) is 0 Å². The first kappa shape index (κ1) is 12.2. The van der Waals surface area contributed by atoms with Gasteiger partial charge in [0.05, 0.1) is 0 Å². The number of rotatable bonds is 1. The van der Waals surface area contributed by atoms with E-state index in [1.165, 1.54) is 0 Å². The van der Waals surface area contributed by atoms with Gasteiger partial charge in [0, 0.05) is 5.56 Å². The summed E-state index contributed by atoms with van der Waals surface area (Å²) in [5.74, 6) is 0.930. The van der Waals surface area contributed by atoms with Crippen LogP contribution in [0.2, 0.25) is 0 Å². The molecular weight excluding hydrogens is 230 g/mol. The van der Waals surface area contributed by atoms with E-state index >= 15 is 0 Å². The molecule has 9 heteroatoms. The van der Waals surface area contributed by atoms with Crippen LogP contribution in [-0.2, 0) is 0 Å². The van der Waals surface area contributed by atoms with E-state index in [-0.39, 0.29) is 11.7 Å². The van der Waals surface area contributed by atoms with Gasteiger partial charge in [-0.2, -0.15) is 4.98 Å². The minimum Gasteiger partial charge on any atom is -0.508 e. The largest absolute Gasteiger partial charge is 0.508 e. The number of phenols is 1. The predicted octanol–water partition coefficient (Wildman–Crippen LogP) is 0.412. The zero-order chi connectivity index (χ0) is 12.8. The summed E-state index contributed by atoms with van der Waals surface area (Å²) in [6.45, 7) is 0. The molecule has 0 saturated carbocycles. The number of benzene rings is 1. The van der Waals surface area contributed by atoms with E-state index < -0.39 is 5.09 Å². The van der Waals surface area contributed by atoms with Gasteiger partial charge in [0.1, 0.15) is 5.75 Å². The molecule has 17 heavy (non-hydrogen) atoms. The first-order valence-electron chi connectivity index (χ1n) is 4.29. The third-order valence-electron chi connectivity index (χ3n) is 1.62. The van der Waals surface area contributed by atoms with E-state index in [4.69, 9.17) is 21.1 Å². The van der Waals surface area contributed by atoms with Gasteiger partial charge in [-0.15, -0.1) is 15.2 Å². The molecule has 0 bridgehead atoms. The lowest BCUT2D eigenvalue weighted by atomic mass is 10.2. The zero-order valence-corrected chi connectivity index (χ0v) is 8.44. The van der Waals surface area contributed by atoms with Crippen LogP contribution < -0.4 is 5.73 Å². The maximum absolute atomic E-state index is 9.19. The van der Waals surface area contributed by atoms with Gasteiger partial charge >= 0.3 is 0 Å². The van der Waals surface area contributed by atoms with Crippen LogP contribution in [0.5, 0.6) is 5.75 Å². The average Bonchev–Trinajstić information content (AvgIpc) is 2.64. The molecule has 0 radical (unpaired) electrons. The van der Waals surface area contributed by atoms with Gasteiger partial charge in [0.15, 0.2) is 5.82 Å².